The van der Waals surface area contributed by atoms with E-state index in [1.807, 2.05) is 37.4 Å². The number of likely N-dealkylation sites (N-methyl/N-ethyl adjacent to an activating group) is 1. The van der Waals surface area contributed by atoms with Crippen molar-refractivity contribution in [1.82, 2.24) is 34.7 Å². The Morgan fingerprint density at radius 2 is 1.82 bits per heavy atom. The number of imidazole rings is 1. The van der Waals surface area contributed by atoms with Gasteiger partial charge in [-0.2, -0.15) is 4.98 Å². The van der Waals surface area contributed by atoms with Crippen molar-refractivity contribution in [2.75, 3.05) is 46.4 Å². The van der Waals surface area contributed by atoms with Gasteiger partial charge in [-0.1, -0.05) is 30.3 Å². The number of pyridine rings is 1. The number of hydrogen-bond acceptors (Lipinski definition) is 8. The van der Waals surface area contributed by atoms with Crippen LogP contribution < -0.4 is 9.47 Å². The van der Waals surface area contributed by atoms with Crippen LogP contribution in [0.2, 0.25) is 0 Å². The van der Waals surface area contributed by atoms with Crippen molar-refractivity contribution in [3.8, 4) is 23.1 Å². The van der Waals surface area contributed by atoms with Crippen molar-refractivity contribution >= 4 is 11.2 Å². The fourth-order valence-corrected chi connectivity index (χ4v) is 4.69. The minimum atomic E-state index is -0.176. The number of ether oxygens (including phenoxy) is 2. The molecule has 2 fully saturated rings. The van der Waals surface area contributed by atoms with Crippen molar-refractivity contribution in [3.63, 3.8) is 0 Å². The molecule has 1 aromatic carbocycles. The number of aromatic amines is 1. The number of rotatable bonds is 9. The number of aromatic nitrogens is 5. The zero-order chi connectivity index (χ0) is 26.1. The van der Waals surface area contributed by atoms with E-state index < -0.39 is 0 Å². The molecule has 38 heavy (non-hydrogen) atoms. The van der Waals surface area contributed by atoms with Crippen LogP contribution in [0.5, 0.6) is 11.8 Å². The molecule has 0 amide bonds. The van der Waals surface area contributed by atoms with Crippen LogP contribution in [0.3, 0.4) is 0 Å². The molecule has 1 aliphatic carbocycles. The van der Waals surface area contributed by atoms with Gasteiger partial charge in [0, 0.05) is 57.0 Å². The first kappa shape index (κ1) is 24.8. The Bertz CT molecular complexity index is 1410. The maximum absolute atomic E-state index is 6.33. The van der Waals surface area contributed by atoms with Crippen molar-refractivity contribution < 1.29 is 9.47 Å². The van der Waals surface area contributed by atoms with Gasteiger partial charge in [-0.3, -0.25) is 4.90 Å². The third kappa shape index (κ3) is 5.63. The molecule has 1 aliphatic heterocycles. The lowest BCUT2D eigenvalue weighted by Gasteiger charge is -2.32. The topological polar surface area (TPSA) is 92.3 Å². The van der Waals surface area contributed by atoms with Gasteiger partial charge in [0.2, 0.25) is 11.8 Å². The fourth-order valence-electron chi connectivity index (χ4n) is 4.69. The van der Waals surface area contributed by atoms with Crippen LogP contribution in [-0.4, -0.2) is 86.7 Å². The molecular weight excluding hydrogens is 478 g/mol. The maximum Gasteiger partial charge on any atom is 0.246 e. The Morgan fingerprint density at radius 1 is 1.03 bits per heavy atom. The number of nitrogens with zero attached hydrogens (tertiary/aromatic N) is 6. The van der Waals surface area contributed by atoms with Crippen LogP contribution in [0.25, 0.3) is 22.6 Å². The smallest absolute Gasteiger partial charge is 0.246 e. The van der Waals surface area contributed by atoms with Crippen molar-refractivity contribution in [2.45, 2.75) is 38.7 Å². The van der Waals surface area contributed by atoms with Gasteiger partial charge in [-0.15, -0.1) is 0 Å². The van der Waals surface area contributed by atoms with Crippen molar-refractivity contribution in [1.29, 1.82) is 0 Å². The largest absolute Gasteiger partial charge is 0.476 e. The molecule has 0 radical (unpaired) electrons. The maximum atomic E-state index is 6.33. The predicted molar refractivity (Wildman–Crippen MR) is 147 cm³/mol. The summed E-state index contributed by atoms with van der Waals surface area (Å²) in [4.78, 5) is 27.2. The Labute approximate surface area is 223 Å². The van der Waals surface area contributed by atoms with Gasteiger partial charge in [-0.25, -0.2) is 15.0 Å². The second kappa shape index (κ2) is 10.3. The second-order valence-corrected chi connectivity index (χ2v) is 10.8. The van der Waals surface area contributed by atoms with E-state index in [1.165, 1.54) is 0 Å². The van der Waals surface area contributed by atoms with E-state index in [4.69, 9.17) is 24.4 Å². The third-order valence-corrected chi connectivity index (χ3v) is 7.46. The molecular formula is C29H35N7O2. The lowest BCUT2D eigenvalue weighted by Crippen LogP contribution is -2.45. The number of aryl methyl sites for hydroxylation is 1. The Morgan fingerprint density at radius 3 is 2.55 bits per heavy atom. The Balaban J connectivity index is 1.21. The van der Waals surface area contributed by atoms with Crippen LogP contribution in [-0.2, 0) is 6.42 Å². The molecule has 0 unspecified atom stereocenters. The summed E-state index contributed by atoms with van der Waals surface area (Å²) in [6.07, 6.45) is 4.48. The predicted octanol–water partition coefficient (Wildman–Crippen LogP) is 3.87. The van der Waals surface area contributed by atoms with Gasteiger partial charge in [-0.05, 0) is 44.9 Å². The first-order chi connectivity index (χ1) is 18.4. The monoisotopic (exact) mass is 513 g/mol. The molecule has 4 aromatic rings. The molecule has 0 bridgehead atoms. The van der Waals surface area contributed by atoms with Gasteiger partial charge in [0.25, 0.3) is 0 Å². The normalized spacial score (nSPS) is 17.6. The number of hydrogen-bond donors (Lipinski definition) is 1. The molecule has 2 aliphatic rings. The van der Waals surface area contributed by atoms with E-state index in [0.717, 1.165) is 62.3 Å². The SMILES string of the molecule is Cc1cc(OCCN2CCN(C)CC2)ncc1-c1nc2c(OC3(C)CC3)nc(Cc3ccccc3)nc2[nH]1. The second-order valence-electron chi connectivity index (χ2n) is 10.8. The van der Waals surface area contributed by atoms with Crippen LogP contribution in [0.1, 0.15) is 36.7 Å². The summed E-state index contributed by atoms with van der Waals surface area (Å²) >= 11 is 0. The van der Waals surface area contributed by atoms with E-state index in [-0.39, 0.29) is 5.60 Å². The lowest BCUT2D eigenvalue weighted by molar-refractivity contribution is 0.132. The zero-order valence-electron chi connectivity index (χ0n) is 22.4. The molecule has 1 saturated carbocycles. The summed E-state index contributed by atoms with van der Waals surface area (Å²) in [6.45, 7) is 10.1. The third-order valence-electron chi connectivity index (χ3n) is 7.46. The van der Waals surface area contributed by atoms with E-state index in [9.17, 15) is 0 Å². The summed E-state index contributed by atoms with van der Waals surface area (Å²) < 4.78 is 12.3. The summed E-state index contributed by atoms with van der Waals surface area (Å²) in [7, 11) is 2.17. The van der Waals surface area contributed by atoms with Gasteiger partial charge >= 0.3 is 0 Å². The van der Waals surface area contributed by atoms with Crippen molar-refractivity contribution in [3.05, 3.63) is 59.5 Å². The first-order valence-corrected chi connectivity index (χ1v) is 13.4. The highest BCUT2D eigenvalue weighted by Crippen LogP contribution is 2.40. The average molecular weight is 514 g/mol. The number of H-pyrrole nitrogens is 1. The molecule has 0 atom stereocenters. The van der Waals surface area contributed by atoms with E-state index in [2.05, 4.69) is 45.9 Å². The zero-order valence-corrected chi connectivity index (χ0v) is 22.4. The first-order valence-electron chi connectivity index (χ1n) is 13.4. The van der Waals surface area contributed by atoms with Gasteiger partial charge in [0.1, 0.15) is 23.9 Å². The summed E-state index contributed by atoms with van der Waals surface area (Å²) in [6, 6.07) is 12.2. The van der Waals surface area contributed by atoms with E-state index in [1.54, 1.807) is 0 Å². The number of piperazine rings is 1. The number of nitrogens with one attached hydrogen (secondary N) is 1. The van der Waals surface area contributed by atoms with Crippen LogP contribution in [0, 0.1) is 6.92 Å². The highest BCUT2D eigenvalue weighted by Gasteiger charge is 2.41. The van der Waals surface area contributed by atoms with Gasteiger partial charge < -0.3 is 19.4 Å². The number of fused-ring (bicyclic) bond motifs is 1. The summed E-state index contributed by atoms with van der Waals surface area (Å²) in [5.41, 5.74) is 4.23. The summed E-state index contributed by atoms with van der Waals surface area (Å²) in [5.74, 6) is 2.58. The summed E-state index contributed by atoms with van der Waals surface area (Å²) in [5, 5.41) is 0. The van der Waals surface area contributed by atoms with Gasteiger partial charge in [0.15, 0.2) is 11.2 Å². The van der Waals surface area contributed by atoms with Crippen LogP contribution in [0.15, 0.2) is 42.6 Å². The average Bonchev–Trinajstić information content (AvgIpc) is 3.47. The minimum absolute atomic E-state index is 0.176. The van der Waals surface area contributed by atoms with E-state index in [0.29, 0.717) is 47.6 Å². The molecule has 0 spiro atoms. The molecule has 198 valence electrons. The minimum Gasteiger partial charge on any atom is -0.476 e. The standard InChI is InChI=1S/C29H35N7O2/c1-20-17-24(37-16-15-36-13-11-35(3)12-14-36)30-19-22(20)26-33-25-27(34-26)31-23(18-21-7-5-4-6-8-21)32-28(25)38-29(2)9-10-29/h4-8,17,19H,9-16,18H2,1-3H3,(H,31,32,33,34). The molecule has 3 aromatic heterocycles. The lowest BCUT2D eigenvalue weighted by atomic mass is 10.1. The van der Waals surface area contributed by atoms with Gasteiger partial charge in [0.05, 0.1) is 0 Å². The Hall–Kier alpha value is -3.56. The molecule has 9 nitrogen and oxygen atoms in total. The van der Waals surface area contributed by atoms with E-state index >= 15 is 0 Å². The fraction of sp³-hybridized carbons (Fsp3) is 0.448. The highest BCUT2D eigenvalue weighted by atomic mass is 16.5. The van der Waals surface area contributed by atoms with Crippen LogP contribution >= 0.6 is 0 Å². The molecule has 1 N–H and O–H groups in total. The molecule has 1 saturated heterocycles. The highest BCUT2D eigenvalue weighted by molar-refractivity contribution is 5.81. The molecule has 4 heterocycles. The molecule has 6 rings (SSSR count). The Kier molecular flexibility index (Phi) is 6.71. The molecule has 9 heteroatoms. The quantitative estimate of drug-likeness (QED) is 0.361. The number of benzene rings is 1. The van der Waals surface area contributed by atoms with Crippen LogP contribution in [0.4, 0.5) is 0 Å². The van der Waals surface area contributed by atoms with Crippen molar-refractivity contribution in [2.24, 2.45) is 0 Å².